The summed E-state index contributed by atoms with van der Waals surface area (Å²) >= 11 is 0. The predicted molar refractivity (Wildman–Crippen MR) is 52.7 cm³/mol. The van der Waals surface area contributed by atoms with E-state index in [2.05, 4.69) is 9.97 Å². The Morgan fingerprint density at radius 1 is 1.50 bits per heavy atom. The number of aldehydes is 1. The fourth-order valence-electron chi connectivity index (χ4n) is 1.00. The summed E-state index contributed by atoms with van der Waals surface area (Å²) in [6, 6.07) is 1.54. The topological polar surface area (TPSA) is 52.1 Å². The summed E-state index contributed by atoms with van der Waals surface area (Å²) in [4.78, 5) is 18.8. The molecular formula is C10H14N2O2. The van der Waals surface area contributed by atoms with E-state index in [1.807, 2.05) is 20.8 Å². The molecule has 0 radical (unpaired) electrons. The summed E-state index contributed by atoms with van der Waals surface area (Å²) in [6.45, 7) is 6.35. The van der Waals surface area contributed by atoms with E-state index >= 15 is 0 Å². The van der Waals surface area contributed by atoms with Crippen molar-refractivity contribution in [1.29, 1.82) is 0 Å². The van der Waals surface area contributed by atoms with Crippen LogP contribution in [0.15, 0.2) is 6.07 Å². The second-order valence-electron chi connectivity index (χ2n) is 3.19. The van der Waals surface area contributed by atoms with E-state index in [-0.39, 0.29) is 5.92 Å². The molecule has 0 bridgehead atoms. The minimum absolute atomic E-state index is 0.189. The molecule has 76 valence electrons. The molecule has 4 heteroatoms. The SMILES string of the molecule is CCOc1cc(C=O)nc(C(C)C)n1. The number of carbonyl (C=O) groups is 1. The normalized spacial score (nSPS) is 10.3. The third kappa shape index (κ3) is 2.52. The molecule has 1 rings (SSSR count). The highest BCUT2D eigenvalue weighted by Gasteiger charge is 2.07. The van der Waals surface area contributed by atoms with Crippen LogP contribution in [0.3, 0.4) is 0 Å². The van der Waals surface area contributed by atoms with E-state index in [4.69, 9.17) is 4.74 Å². The van der Waals surface area contributed by atoms with Crippen molar-refractivity contribution in [3.05, 3.63) is 17.6 Å². The maximum Gasteiger partial charge on any atom is 0.217 e. The number of ether oxygens (including phenoxy) is 1. The fourth-order valence-corrected chi connectivity index (χ4v) is 1.00. The van der Waals surface area contributed by atoms with Gasteiger partial charge in [-0.2, -0.15) is 4.98 Å². The largest absolute Gasteiger partial charge is 0.478 e. The van der Waals surface area contributed by atoms with Crippen molar-refractivity contribution in [2.45, 2.75) is 26.7 Å². The van der Waals surface area contributed by atoms with E-state index in [0.717, 1.165) is 0 Å². The molecule has 0 spiro atoms. The standard InChI is InChI=1S/C10H14N2O2/c1-4-14-9-5-8(6-13)11-10(12-9)7(2)3/h5-7H,4H2,1-3H3. The van der Waals surface area contributed by atoms with Gasteiger partial charge >= 0.3 is 0 Å². The number of rotatable bonds is 4. The first-order valence-electron chi connectivity index (χ1n) is 4.64. The summed E-state index contributed by atoms with van der Waals surface area (Å²) in [5, 5.41) is 0. The zero-order chi connectivity index (χ0) is 10.6. The lowest BCUT2D eigenvalue weighted by molar-refractivity contribution is 0.111. The molecule has 14 heavy (non-hydrogen) atoms. The Kier molecular flexibility index (Phi) is 3.56. The highest BCUT2D eigenvalue weighted by Crippen LogP contribution is 2.14. The molecule has 1 aromatic heterocycles. The molecule has 0 amide bonds. The van der Waals surface area contributed by atoms with Gasteiger partial charge in [-0.05, 0) is 6.92 Å². The Morgan fingerprint density at radius 2 is 2.21 bits per heavy atom. The summed E-state index contributed by atoms with van der Waals surface area (Å²) in [7, 11) is 0. The fraction of sp³-hybridized carbons (Fsp3) is 0.500. The van der Waals surface area contributed by atoms with Crippen molar-refractivity contribution in [2.75, 3.05) is 6.61 Å². The lowest BCUT2D eigenvalue weighted by Crippen LogP contribution is -2.04. The van der Waals surface area contributed by atoms with Crippen LogP contribution in [0.25, 0.3) is 0 Å². The first-order chi connectivity index (χ1) is 6.67. The molecular weight excluding hydrogens is 180 g/mol. The quantitative estimate of drug-likeness (QED) is 0.686. The predicted octanol–water partition coefficient (Wildman–Crippen LogP) is 1.81. The number of nitrogens with zero attached hydrogens (tertiary/aromatic N) is 2. The second-order valence-corrected chi connectivity index (χ2v) is 3.19. The molecule has 1 aromatic rings. The average Bonchev–Trinajstić information content (AvgIpc) is 2.17. The first kappa shape index (κ1) is 10.6. The van der Waals surface area contributed by atoms with Crippen LogP contribution in [0.2, 0.25) is 0 Å². The molecule has 0 aromatic carbocycles. The Bertz CT molecular complexity index is 324. The minimum Gasteiger partial charge on any atom is -0.478 e. The monoisotopic (exact) mass is 194 g/mol. The summed E-state index contributed by atoms with van der Waals surface area (Å²) in [5.41, 5.74) is 0.368. The first-order valence-corrected chi connectivity index (χ1v) is 4.64. The van der Waals surface area contributed by atoms with Crippen LogP contribution in [-0.2, 0) is 0 Å². The smallest absolute Gasteiger partial charge is 0.217 e. The van der Waals surface area contributed by atoms with Gasteiger partial charge < -0.3 is 4.74 Å². The Balaban J connectivity index is 3.06. The van der Waals surface area contributed by atoms with Crippen LogP contribution >= 0.6 is 0 Å². The third-order valence-corrected chi connectivity index (χ3v) is 1.67. The number of aromatic nitrogens is 2. The van der Waals surface area contributed by atoms with Crippen LogP contribution in [0.5, 0.6) is 5.88 Å². The molecule has 4 nitrogen and oxygen atoms in total. The molecule has 0 fully saturated rings. The van der Waals surface area contributed by atoms with Crippen molar-refractivity contribution in [2.24, 2.45) is 0 Å². The van der Waals surface area contributed by atoms with Gasteiger partial charge in [0, 0.05) is 12.0 Å². The van der Waals surface area contributed by atoms with Gasteiger partial charge in [-0.3, -0.25) is 4.79 Å². The number of hydrogen-bond acceptors (Lipinski definition) is 4. The minimum atomic E-state index is 0.189. The van der Waals surface area contributed by atoms with Crippen molar-refractivity contribution in [3.8, 4) is 5.88 Å². The molecule has 0 aliphatic carbocycles. The Morgan fingerprint density at radius 3 is 2.71 bits per heavy atom. The Hall–Kier alpha value is -1.45. The molecule has 0 atom stereocenters. The van der Waals surface area contributed by atoms with Gasteiger partial charge in [0.15, 0.2) is 6.29 Å². The maximum atomic E-state index is 10.6. The zero-order valence-electron chi connectivity index (χ0n) is 8.65. The molecule has 1 heterocycles. The zero-order valence-corrected chi connectivity index (χ0v) is 8.65. The number of hydrogen-bond donors (Lipinski definition) is 0. The van der Waals surface area contributed by atoms with E-state index in [1.165, 1.54) is 0 Å². The molecule has 0 saturated carbocycles. The van der Waals surface area contributed by atoms with E-state index < -0.39 is 0 Å². The van der Waals surface area contributed by atoms with Gasteiger partial charge in [-0.15, -0.1) is 0 Å². The van der Waals surface area contributed by atoms with Gasteiger partial charge in [0.05, 0.1) is 6.61 Å². The summed E-state index contributed by atoms with van der Waals surface area (Å²) in [5.74, 6) is 1.29. The average molecular weight is 194 g/mol. The van der Waals surface area contributed by atoms with Crippen molar-refractivity contribution in [1.82, 2.24) is 9.97 Å². The maximum absolute atomic E-state index is 10.6. The highest BCUT2D eigenvalue weighted by atomic mass is 16.5. The Labute approximate surface area is 83.3 Å². The van der Waals surface area contributed by atoms with Gasteiger partial charge in [-0.25, -0.2) is 4.98 Å². The van der Waals surface area contributed by atoms with Crippen LogP contribution in [0.1, 0.15) is 43.0 Å². The van der Waals surface area contributed by atoms with Crippen LogP contribution in [0.4, 0.5) is 0 Å². The third-order valence-electron chi connectivity index (χ3n) is 1.67. The molecule has 0 N–H and O–H groups in total. The van der Waals surface area contributed by atoms with Gasteiger partial charge in [-0.1, -0.05) is 13.8 Å². The molecule has 0 unspecified atom stereocenters. The van der Waals surface area contributed by atoms with Gasteiger partial charge in [0.2, 0.25) is 5.88 Å². The molecule has 0 saturated heterocycles. The summed E-state index contributed by atoms with van der Waals surface area (Å²) < 4.78 is 5.23. The second kappa shape index (κ2) is 4.69. The lowest BCUT2D eigenvalue weighted by Gasteiger charge is -2.07. The van der Waals surface area contributed by atoms with Gasteiger partial charge in [0.1, 0.15) is 11.5 Å². The van der Waals surface area contributed by atoms with E-state index in [0.29, 0.717) is 30.3 Å². The molecule has 0 aliphatic rings. The van der Waals surface area contributed by atoms with Crippen LogP contribution in [0, 0.1) is 0 Å². The molecule has 0 aliphatic heterocycles. The van der Waals surface area contributed by atoms with Crippen molar-refractivity contribution in [3.63, 3.8) is 0 Å². The van der Waals surface area contributed by atoms with E-state index in [9.17, 15) is 4.79 Å². The van der Waals surface area contributed by atoms with Gasteiger partial charge in [0.25, 0.3) is 0 Å². The lowest BCUT2D eigenvalue weighted by atomic mass is 10.2. The number of carbonyl (C=O) groups excluding carboxylic acids is 1. The summed E-state index contributed by atoms with van der Waals surface area (Å²) in [6.07, 6.45) is 0.704. The van der Waals surface area contributed by atoms with Crippen molar-refractivity contribution < 1.29 is 9.53 Å². The van der Waals surface area contributed by atoms with Crippen LogP contribution < -0.4 is 4.74 Å². The highest BCUT2D eigenvalue weighted by molar-refractivity contribution is 5.72. The van der Waals surface area contributed by atoms with E-state index in [1.54, 1.807) is 6.07 Å². The van der Waals surface area contributed by atoms with Crippen molar-refractivity contribution >= 4 is 6.29 Å². The van der Waals surface area contributed by atoms with Crippen LogP contribution in [-0.4, -0.2) is 22.9 Å².